The molecule has 1 aromatic rings. The number of aromatic nitrogens is 2. The van der Waals surface area contributed by atoms with Crippen molar-refractivity contribution in [3.05, 3.63) is 11.9 Å². The van der Waals surface area contributed by atoms with Crippen molar-refractivity contribution in [1.82, 2.24) is 15.1 Å². The average Bonchev–Trinajstić information content (AvgIpc) is 3.42. The van der Waals surface area contributed by atoms with Crippen molar-refractivity contribution < 1.29 is 24.2 Å². The molecule has 3 heterocycles. The highest BCUT2D eigenvalue weighted by Gasteiger charge is 2.55. The van der Waals surface area contributed by atoms with Crippen LogP contribution in [0, 0.1) is 11.8 Å². The van der Waals surface area contributed by atoms with Crippen LogP contribution in [0.2, 0.25) is 0 Å². The summed E-state index contributed by atoms with van der Waals surface area (Å²) in [5, 5.41) is 19.7. The minimum atomic E-state index is -1.02. The molecule has 29 heavy (non-hydrogen) atoms. The third-order valence-electron chi connectivity index (χ3n) is 6.36. The number of hydrogen-bond acceptors (Lipinski definition) is 5. The van der Waals surface area contributed by atoms with E-state index in [9.17, 15) is 19.5 Å². The van der Waals surface area contributed by atoms with Gasteiger partial charge < -0.3 is 20.5 Å². The molecule has 2 amide bonds. The quantitative estimate of drug-likeness (QED) is 0.664. The average molecular weight is 404 g/mol. The van der Waals surface area contributed by atoms with Crippen LogP contribution >= 0.6 is 0 Å². The zero-order chi connectivity index (χ0) is 20.5. The van der Waals surface area contributed by atoms with E-state index < -0.39 is 29.8 Å². The molecule has 9 nitrogen and oxygen atoms in total. The Balaban J connectivity index is 1.50. The molecule has 2 bridgehead atoms. The van der Waals surface area contributed by atoms with E-state index in [1.807, 2.05) is 6.92 Å². The number of ether oxygens (including phenoxy) is 1. The maximum absolute atomic E-state index is 13.0. The van der Waals surface area contributed by atoms with Gasteiger partial charge in [-0.05, 0) is 32.6 Å². The lowest BCUT2D eigenvalue weighted by molar-refractivity contribution is -0.147. The Labute approximate surface area is 169 Å². The summed E-state index contributed by atoms with van der Waals surface area (Å²) in [6.45, 7) is 2.44. The second kappa shape index (κ2) is 8.14. The summed E-state index contributed by atoms with van der Waals surface area (Å²) in [6.07, 6.45) is 7.44. The number of nitrogens with one attached hydrogen (secondary N) is 2. The van der Waals surface area contributed by atoms with Crippen molar-refractivity contribution in [3.63, 3.8) is 0 Å². The standard InChI is InChI=1S/C20H28N4O5/c1-2-24-10-12(17(23-24)19(26)21-11-6-4-3-5-7-11)22-18(25)15-13-8-9-14(29-13)16(15)20(27)28/h10-11,13-16H,2-9H2,1H3,(H,21,26)(H,22,25)(H,27,28)/t13-,14+,15-,16-/m0/s1. The number of carboxylic acids is 1. The normalized spacial score (nSPS) is 29.0. The first kappa shape index (κ1) is 19.9. The van der Waals surface area contributed by atoms with Gasteiger partial charge in [0.15, 0.2) is 5.69 Å². The Morgan fingerprint density at radius 1 is 1.14 bits per heavy atom. The van der Waals surface area contributed by atoms with Gasteiger partial charge in [0.2, 0.25) is 5.91 Å². The Hall–Kier alpha value is -2.42. The number of amides is 2. The first-order valence-electron chi connectivity index (χ1n) is 10.6. The molecule has 0 unspecified atom stereocenters. The number of rotatable bonds is 6. The third kappa shape index (κ3) is 3.88. The van der Waals surface area contributed by atoms with Gasteiger partial charge >= 0.3 is 5.97 Å². The van der Waals surface area contributed by atoms with Crippen LogP contribution in [-0.4, -0.2) is 50.9 Å². The van der Waals surface area contributed by atoms with Gasteiger partial charge in [-0.15, -0.1) is 0 Å². The highest BCUT2D eigenvalue weighted by atomic mass is 16.5. The van der Waals surface area contributed by atoms with Gasteiger partial charge in [0.25, 0.3) is 5.91 Å². The molecule has 1 saturated carbocycles. The van der Waals surface area contributed by atoms with Gasteiger partial charge in [-0.1, -0.05) is 19.3 Å². The minimum absolute atomic E-state index is 0.127. The second-order valence-corrected chi connectivity index (χ2v) is 8.22. The zero-order valence-electron chi connectivity index (χ0n) is 16.6. The monoisotopic (exact) mass is 404 g/mol. The number of carbonyl (C=O) groups is 3. The Bertz CT molecular complexity index is 801. The zero-order valence-corrected chi connectivity index (χ0v) is 16.6. The van der Waals surface area contributed by atoms with E-state index in [0.29, 0.717) is 25.1 Å². The van der Waals surface area contributed by atoms with Gasteiger partial charge in [-0.3, -0.25) is 19.1 Å². The summed E-state index contributed by atoms with van der Waals surface area (Å²) < 4.78 is 7.28. The smallest absolute Gasteiger partial charge is 0.310 e. The number of anilines is 1. The lowest BCUT2D eigenvalue weighted by Gasteiger charge is -2.24. The van der Waals surface area contributed by atoms with E-state index in [1.165, 1.54) is 6.42 Å². The molecule has 1 aliphatic carbocycles. The molecule has 0 aromatic carbocycles. The molecule has 158 valence electrons. The molecule has 4 atom stereocenters. The first-order valence-corrected chi connectivity index (χ1v) is 10.6. The summed E-state index contributed by atoms with van der Waals surface area (Å²) in [5.74, 6) is -3.36. The first-order chi connectivity index (χ1) is 14.0. The van der Waals surface area contributed by atoms with Crippen LogP contribution in [0.1, 0.15) is 62.4 Å². The van der Waals surface area contributed by atoms with Crippen molar-refractivity contribution in [2.45, 2.75) is 76.7 Å². The van der Waals surface area contributed by atoms with Crippen LogP contribution in [-0.2, 0) is 20.9 Å². The summed E-state index contributed by atoms with van der Waals surface area (Å²) in [4.78, 5) is 37.4. The van der Waals surface area contributed by atoms with Crippen LogP contribution in [0.15, 0.2) is 6.20 Å². The summed E-state index contributed by atoms with van der Waals surface area (Å²) in [7, 11) is 0. The number of hydrogen-bond donors (Lipinski definition) is 3. The molecule has 2 aliphatic heterocycles. The molecule has 0 spiro atoms. The van der Waals surface area contributed by atoms with Crippen LogP contribution in [0.25, 0.3) is 0 Å². The summed E-state index contributed by atoms with van der Waals surface area (Å²) in [6, 6.07) is 0.127. The Morgan fingerprint density at radius 2 is 1.83 bits per heavy atom. The SMILES string of the molecule is CCn1cc(NC(=O)[C@@H]2[C@@H](C(=O)O)[C@H]3CC[C@@H]2O3)c(C(=O)NC2CCCCC2)n1. The van der Waals surface area contributed by atoms with Crippen molar-refractivity contribution in [3.8, 4) is 0 Å². The molecule has 1 aromatic heterocycles. The molecule has 3 fully saturated rings. The topological polar surface area (TPSA) is 123 Å². The fourth-order valence-corrected chi connectivity index (χ4v) is 4.88. The third-order valence-corrected chi connectivity index (χ3v) is 6.36. The number of carboxylic acid groups (broad SMARTS) is 1. The molecular weight excluding hydrogens is 376 g/mol. The van der Waals surface area contributed by atoms with E-state index in [2.05, 4.69) is 15.7 Å². The van der Waals surface area contributed by atoms with E-state index in [4.69, 9.17) is 4.74 Å². The van der Waals surface area contributed by atoms with Gasteiger partial charge in [-0.2, -0.15) is 5.10 Å². The van der Waals surface area contributed by atoms with Crippen LogP contribution in [0.5, 0.6) is 0 Å². The number of fused-ring (bicyclic) bond motifs is 2. The van der Waals surface area contributed by atoms with Gasteiger partial charge in [0.05, 0.1) is 29.7 Å². The van der Waals surface area contributed by atoms with Crippen LogP contribution in [0.3, 0.4) is 0 Å². The highest BCUT2D eigenvalue weighted by Crippen LogP contribution is 2.44. The lowest BCUT2D eigenvalue weighted by atomic mass is 9.78. The van der Waals surface area contributed by atoms with Crippen molar-refractivity contribution in [2.24, 2.45) is 11.8 Å². The Morgan fingerprint density at radius 3 is 2.48 bits per heavy atom. The molecule has 4 rings (SSSR count). The number of aryl methyl sites for hydroxylation is 1. The van der Waals surface area contributed by atoms with Gasteiger partial charge in [0, 0.05) is 18.8 Å². The second-order valence-electron chi connectivity index (χ2n) is 8.22. The summed E-state index contributed by atoms with van der Waals surface area (Å²) >= 11 is 0. The van der Waals surface area contributed by atoms with E-state index in [0.717, 1.165) is 25.7 Å². The maximum Gasteiger partial charge on any atom is 0.310 e. The summed E-state index contributed by atoms with van der Waals surface area (Å²) in [5.41, 5.74) is 0.485. The maximum atomic E-state index is 13.0. The number of carbonyl (C=O) groups excluding carboxylic acids is 2. The van der Waals surface area contributed by atoms with Crippen LogP contribution in [0.4, 0.5) is 5.69 Å². The van der Waals surface area contributed by atoms with Crippen LogP contribution < -0.4 is 10.6 Å². The van der Waals surface area contributed by atoms with Crippen molar-refractivity contribution in [2.75, 3.05) is 5.32 Å². The lowest BCUT2D eigenvalue weighted by Crippen LogP contribution is -2.41. The predicted molar refractivity (Wildman–Crippen MR) is 103 cm³/mol. The van der Waals surface area contributed by atoms with E-state index >= 15 is 0 Å². The number of aliphatic carboxylic acids is 1. The molecule has 2 saturated heterocycles. The molecular formula is C20H28N4O5. The fraction of sp³-hybridized carbons (Fsp3) is 0.700. The van der Waals surface area contributed by atoms with E-state index in [1.54, 1.807) is 10.9 Å². The molecule has 3 aliphatic rings. The van der Waals surface area contributed by atoms with E-state index in [-0.39, 0.29) is 23.7 Å². The van der Waals surface area contributed by atoms with Crippen molar-refractivity contribution >= 4 is 23.5 Å². The largest absolute Gasteiger partial charge is 0.481 e. The molecule has 9 heteroatoms. The highest BCUT2D eigenvalue weighted by molar-refractivity contribution is 6.03. The number of nitrogens with zero attached hydrogens (tertiary/aromatic N) is 2. The van der Waals surface area contributed by atoms with Gasteiger partial charge in [0.1, 0.15) is 0 Å². The minimum Gasteiger partial charge on any atom is -0.481 e. The molecule has 3 N–H and O–H groups in total. The van der Waals surface area contributed by atoms with Gasteiger partial charge in [-0.25, -0.2) is 0 Å². The molecule has 0 radical (unpaired) electrons. The van der Waals surface area contributed by atoms with Crippen molar-refractivity contribution in [1.29, 1.82) is 0 Å². The predicted octanol–water partition coefficient (Wildman–Crippen LogP) is 1.78. The Kier molecular flexibility index (Phi) is 5.58. The fourth-order valence-electron chi connectivity index (χ4n) is 4.88.